The Morgan fingerprint density at radius 1 is 1.11 bits per heavy atom. The topological polar surface area (TPSA) is 104 Å². The van der Waals surface area contributed by atoms with Crippen molar-refractivity contribution in [3.63, 3.8) is 0 Å². The minimum atomic E-state index is -4.44. The monoisotopic (exact) mass is 387 g/mol. The molecule has 0 fully saturated rings. The first-order valence-corrected chi connectivity index (χ1v) is 7.92. The molecule has 0 spiro atoms. The van der Waals surface area contributed by atoms with Crippen molar-refractivity contribution in [1.29, 1.82) is 0 Å². The van der Waals surface area contributed by atoms with Gasteiger partial charge in [-0.2, -0.15) is 13.2 Å². The van der Waals surface area contributed by atoms with Gasteiger partial charge in [0.15, 0.2) is 6.10 Å². The van der Waals surface area contributed by atoms with E-state index >= 15 is 0 Å². The summed E-state index contributed by atoms with van der Waals surface area (Å²) in [6.45, 7) is 3.66. The Balaban J connectivity index is 0.00000123. The molecule has 1 unspecified atom stereocenters. The first-order chi connectivity index (χ1) is 12.1. The van der Waals surface area contributed by atoms with E-state index in [0.717, 1.165) is 12.1 Å². The van der Waals surface area contributed by atoms with Crippen molar-refractivity contribution in [2.24, 2.45) is 5.73 Å². The van der Waals surface area contributed by atoms with Crippen molar-refractivity contribution in [2.75, 3.05) is 0 Å². The van der Waals surface area contributed by atoms with Gasteiger partial charge in [-0.25, -0.2) is 4.79 Å². The second kappa shape index (κ2) is 11.3. The lowest BCUT2D eigenvalue weighted by Crippen LogP contribution is -2.15. The second-order valence-electron chi connectivity index (χ2n) is 5.88. The SMILES string of the molecule is CC(C)N.O.O=C(O)C(OCc1cccc(C(F)(F)F)c1)c1ccccc1. The number of ether oxygens (including phenoxy) is 1. The van der Waals surface area contributed by atoms with Crippen molar-refractivity contribution in [1.82, 2.24) is 0 Å². The van der Waals surface area contributed by atoms with Crippen LogP contribution in [0.1, 0.15) is 36.6 Å². The van der Waals surface area contributed by atoms with E-state index in [-0.39, 0.29) is 17.6 Å². The molecule has 0 amide bonds. The number of hydrogen-bond acceptors (Lipinski definition) is 3. The summed E-state index contributed by atoms with van der Waals surface area (Å²) in [4.78, 5) is 11.2. The molecule has 0 heterocycles. The number of carboxylic acids is 1. The highest BCUT2D eigenvalue weighted by atomic mass is 19.4. The maximum Gasteiger partial charge on any atom is 0.416 e. The highest BCUT2D eigenvalue weighted by Gasteiger charge is 2.30. The summed E-state index contributed by atoms with van der Waals surface area (Å²) in [5.41, 5.74) is 5.01. The molecule has 2 rings (SSSR count). The van der Waals surface area contributed by atoms with Gasteiger partial charge in [-0.1, -0.05) is 56.3 Å². The van der Waals surface area contributed by atoms with Gasteiger partial charge in [0.25, 0.3) is 0 Å². The molecule has 5 N–H and O–H groups in total. The first-order valence-electron chi connectivity index (χ1n) is 7.92. The Labute approximate surface area is 155 Å². The summed E-state index contributed by atoms with van der Waals surface area (Å²) in [5, 5.41) is 9.18. The Morgan fingerprint density at radius 3 is 2.15 bits per heavy atom. The molecule has 1 atom stereocenters. The number of carboxylic acid groups (broad SMARTS) is 1. The number of benzene rings is 2. The maximum absolute atomic E-state index is 12.6. The van der Waals surface area contributed by atoms with Gasteiger partial charge >= 0.3 is 12.1 Å². The largest absolute Gasteiger partial charge is 0.479 e. The lowest BCUT2D eigenvalue weighted by molar-refractivity contribution is -0.152. The number of carbonyl (C=O) groups is 1. The van der Waals surface area contributed by atoms with Crippen LogP contribution in [0, 0.1) is 0 Å². The van der Waals surface area contributed by atoms with Gasteiger partial charge in [-0.3, -0.25) is 0 Å². The van der Waals surface area contributed by atoms with Gasteiger partial charge in [0.05, 0.1) is 12.2 Å². The molecule has 5 nitrogen and oxygen atoms in total. The number of aliphatic carboxylic acids is 1. The lowest BCUT2D eigenvalue weighted by atomic mass is 10.1. The molecule has 2 aromatic rings. The predicted molar refractivity (Wildman–Crippen MR) is 96.0 cm³/mol. The molecule has 0 aliphatic heterocycles. The fourth-order valence-electron chi connectivity index (χ4n) is 1.95. The molecule has 0 saturated heterocycles. The van der Waals surface area contributed by atoms with Crippen molar-refractivity contribution in [3.05, 3.63) is 71.3 Å². The number of nitrogens with two attached hydrogens (primary N) is 1. The zero-order chi connectivity index (χ0) is 19.7. The van der Waals surface area contributed by atoms with Crippen LogP contribution < -0.4 is 5.73 Å². The molecule has 2 aromatic carbocycles. The highest BCUT2D eigenvalue weighted by molar-refractivity contribution is 5.74. The number of halogens is 3. The van der Waals surface area contributed by atoms with Crippen molar-refractivity contribution in [3.8, 4) is 0 Å². The van der Waals surface area contributed by atoms with E-state index in [0.29, 0.717) is 11.6 Å². The lowest BCUT2D eigenvalue weighted by Gasteiger charge is -2.15. The smallest absolute Gasteiger partial charge is 0.416 e. The Hall–Kier alpha value is -2.42. The van der Waals surface area contributed by atoms with Gasteiger partial charge in [-0.05, 0) is 29.3 Å². The summed E-state index contributed by atoms with van der Waals surface area (Å²) in [6.07, 6.45) is -5.67. The Morgan fingerprint density at radius 2 is 1.67 bits per heavy atom. The average Bonchev–Trinajstić information content (AvgIpc) is 2.55. The molecule has 150 valence electrons. The first kappa shape index (κ1) is 24.6. The Bertz CT molecular complexity index is 688. The highest BCUT2D eigenvalue weighted by Crippen LogP contribution is 2.30. The minimum absolute atomic E-state index is 0. The van der Waals surface area contributed by atoms with E-state index in [9.17, 15) is 23.1 Å². The van der Waals surface area contributed by atoms with Crippen LogP contribution in [-0.4, -0.2) is 22.6 Å². The molecule has 0 saturated carbocycles. The van der Waals surface area contributed by atoms with Crippen LogP contribution in [0.2, 0.25) is 0 Å². The fraction of sp³-hybridized carbons (Fsp3) is 0.316. The van der Waals surface area contributed by atoms with Crippen LogP contribution in [0.4, 0.5) is 13.2 Å². The molecule has 0 aliphatic rings. The van der Waals surface area contributed by atoms with Crippen molar-refractivity contribution >= 4 is 5.97 Å². The zero-order valence-corrected chi connectivity index (χ0v) is 15.0. The number of alkyl halides is 3. The summed E-state index contributed by atoms with van der Waals surface area (Å²) >= 11 is 0. The molecular weight excluding hydrogens is 363 g/mol. The second-order valence-corrected chi connectivity index (χ2v) is 5.88. The third kappa shape index (κ3) is 9.18. The molecular formula is C19H24F3NO4. The van der Waals surface area contributed by atoms with Gasteiger partial charge in [-0.15, -0.1) is 0 Å². The standard InChI is InChI=1S/C16H13F3O3.C3H9N.H2O/c17-16(18,19)13-8-4-5-11(9-13)10-22-14(15(20)21)12-6-2-1-3-7-12;1-3(2)4;/h1-9,14H,10H2,(H,20,21);3H,4H2,1-2H3;1H2. The third-order valence-corrected chi connectivity index (χ3v) is 3.00. The number of rotatable bonds is 5. The molecule has 0 aliphatic carbocycles. The molecule has 27 heavy (non-hydrogen) atoms. The van der Waals surface area contributed by atoms with E-state index in [1.54, 1.807) is 30.3 Å². The summed E-state index contributed by atoms with van der Waals surface area (Å²) < 4.78 is 43.2. The van der Waals surface area contributed by atoms with Gasteiger partial charge < -0.3 is 21.1 Å². The quantitative estimate of drug-likeness (QED) is 0.818. The van der Waals surface area contributed by atoms with E-state index in [4.69, 9.17) is 10.5 Å². The van der Waals surface area contributed by atoms with Crippen LogP contribution in [0.15, 0.2) is 54.6 Å². The third-order valence-electron chi connectivity index (χ3n) is 3.00. The predicted octanol–water partition coefficient (Wildman–Crippen LogP) is 3.58. The van der Waals surface area contributed by atoms with E-state index < -0.39 is 23.8 Å². The van der Waals surface area contributed by atoms with Crippen molar-refractivity contribution in [2.45, 2.75) is 38.8 Å². The van der Waals surface area contributed by atoms with Crippen LogP contribution in [-0.2, 0) is 22.3 Å². The fourth-order valence-corrected chi connectivity index (χ4v) is 1.95. The average molecular weight is 387 g/mol. The van der Waals surface area contributed by atoms with Crippen LogP contribution in [0.3, 0.4) is 0 Å². The zero-order valence-electron chi connectivity index (χ0n) is 15.0. The normalized spacial score (nSPS) is 11.8. The van der Waals surface area contributed by atoms with Crippen LogP contribution in [0.25, 0.3) is 0 Å². The maximum atomic E-state index is 12.6. The van der Waals surface area contributed by atoms with Crippen LogP contribution >= 0.6 is 0 Å². The molecule has 0 radical (unpaired) electrons. The van der Waals surface area contributed by atoms with Gasteiger partial charge in [0.1, 0.15) is 0 Å². The van der Waals surface area contributed by atoms with Gasteiger partial charge in [0, 0.05) is 0 Å². The Kier molecular flexibility index (Phi) is 10.3. The van der Waals surface area contributed by atoms with Gasteiger partial charge in [0.2, 0.25) is 0 Å². The molecule has 8 heteroatoms. The van der Waals surface area contributed by atoms with E-state index in [1.165, 1.54) is 12.1 Å². The molecule has 0 aromatic heterocycles. The summed E-state index contributed by atoms with van der Waals surface area (Å²) in [5.74, 6) is -1.20. The summed E-state index contributed by atoms with van der Waals surface area (Å²) in [6, 6.07) is 13.2. The summed E-state index contributed by atoms with van der Waals surface area (Å²) in [7, 11) is 0. The van der Waals surface area contributed by atoms with Crippen LogP contribution in [0.5, 0.6) is 0 Å². The molecule has 0 bridgehead atoms. The number of hydrogen-bond donors (Lipinski definition) is 2. The minimum Gasteiger partial charge on any atom is -0.479 e. The van der Waals surface area contributed by atoms with E-state index in [1.807, 2.05) is 13.8 Å². The van der Waals surface area contributed by atoms with Crippen molar-refractivity contribution < 1.29 is 33.3 Å². The van der Waals surface area contributed by atoms with E-state index in [2.05, 4.69) is 0 Å².